The van der Waals surface area contributed by atoms with Gasteiger partial charge in [-0.05, 0) is 53.4 Å². The molecule has 0 atom stereocenters. The molecule has 8 heteroatoms. The average molecular weight is 376 g/mol. The van der Waals surface area contributed by atoms with Crippen LogP contribution in [0.25, 0.3) is 0 Å². The Balaban J connectivity index is 1.95. The number of sulfonamides is 1. The van der Waals surface area contributed by atoms with Crippen molar-refractivity contribution in [3.8, 4) is 0 Å². The number of amides is 1. The second-order valence-corrected chi connectivity index (χ2v) is 7.69. The second kappa shape index (κ2) is 6.33. The largest absolute Gasteiger partial charge is 0.398 e. The Morgan fingerprint density at radius 1 is 1.38 bits per heavy atom. The summed E-state index contributed by atoms with van der Waals surface area (Å²) in [5.74, 6) is 0.119. The Morgan fingerprint density at radius 2 is 2.05 bits per heavy atom. The van der Waals surface area contributed by atoms with E-state index in [1.165, 1.54) is 6.07 Å². The summed E-state index contributed by atoms with van der Waals surface area (Å²) in [6, 6.07) is 3.09. The van der Waals surface area contributed by atoms with Crippen molar-refractivity contribution in [2.75, 3.05) is 18.8 Å². The molecule has 1 aromatic carbocycles. The molecule has 0 saturated heterocycles. The van der Waals surface area contributed by atoms with Crippen molar-refractivity contribution in [2.24, 2.45) is 5.92 Å². The van der Waals surface area contributed by atoms with Crippen LogP contribution < -0.4 is 15.8 Å². The van der Waals surface area contributed by atoms with Crippen molar-refractivity contribution in [2.45, 2.75) is 24.7 Å². The van der Waals surface area contributed by atoms with Gasteiger partial charge in [0.2, 0.25) is 15.9 Å². The minimum Gasteiger partial charge on any atom is -0.398 e. The maximum Gasteiger partial charge on any atom is 0.240 e. The number of hydrogen-bond donors (Lipinski definition) is 3. The van der Waals surface area contributed by atoms with Gasteiger partial charge in [0.1, 0.15) is 0 Å². The zero-order chi connectivity index (χ0) is 15.6. The van der Waals surface area contributed by atoms with E-state index in [0.717, 1.165) is 12.8 Å². The normalized spacial score (nSPS) is 15.0. The molecule has 6 nitrogen and oxygen atoms in total. The molecule has 0 bridgehead atoms. The lowest BCUT2D eigenvalue weighted by Gasteiger charge is -2.11. The fourth-order valence-electron chi connectivity index (χ4n) is 1.90. The minimum atomic E-state index is -3.63. The number of hydrogen-bond acceptors (Lipinski definition) is 4. The molecule has 0 aliphatic heterocycles. The molecule has 1 fully saturated rings. The highest BCUT2D eigenvalue weighted by atomic mass is 79.9. The van der Waals surface area contributed by atoms with E-state index in [-0.39, 0.29) is 29.8 Å². The highest BCUT2D eigenvalue weighted by Crippen LogP contribution is 2.28. The van der Waals surface area contributed by atoms with Crippen molar-refractivity contribution in [3.63, 3.8) is 0 Å². The Morgan fingerprint density at radius 3 is 2.67 bits per heavy atom. The molecule has 0 spiro atoms. The Kier molecular flexibility index (Phi) is 4.90. The molecule has 21 heavy (non-hydrogen) atoms. The molecule has 0 radical (unpaired) electrons. The number of nitrogen functional groups attached to an aromatic ring is 1. The number of rotatable bonds is 6. The molecule has 0 aromatic heterocycles. The van der Waals surface area contributed by atoms with E-state index in [1.807, 2.05) is 0 Å². The number of nitrogens with one attached hydrogen (secondary N) is 2. The second-order valence-electron chi connectivity index (χ2n) is 5.10. The molecule has 1 amide bonds. The van der Waals surface area contributed by atoms with Crippen molar-refractivity contribution in [1.82, 2.24) is 10.0 Å². The zero-order valence-electron chi connectivity index (χ0n) is 11.6. The molecule has 0 unspecified atom stereocenters. The van der Waals surface area contributed by atoms with Gasteiger partial charge in [-0.15, -0.1) is 0 Å². The third-order valence-corrected chi connectivity index (χ3v) is 5.54. The van der Waals surface area contributed by atoms with Gasteiger partial charge in [0.05, 0.1) is 4.90 Å². The molecule has 116 valence electrons. The van der Waals surface area contributed by atoms with E-state index >= 15 is 0 Å². The summed E-state index contributed by atoms with van der Waals surface area (Å²) in [4.78, 5) is 11.6. The summed E-state index contributed by atoms with van der Waals surface area (Å²) in [5, 5.41) is 2.71. The number of anilines is 1. The van der Waals surface area contributed by atoms with Crippen LogP contribution >= 0.6 is 15.9 Å². The van der Waals surface area contributed by atoms with Crippen molar-refractivity contribution >= 4 is 37.5 Å². The number of nitrogens with two attached hydrogens (primary N) is 1. The molecular weight excluding hydrogens is 358 g/mol. The minimum absolute atomic E-state index is 0.00161. The molecule has 2 rings (SSSR count). The maximum atomic E-state index is 12.2. The Hall–Kier alpha value is -1.12. The first-order valence-corrected chi connectivity index (χ1v) is 8.92. The van der Waals surface area contributed by atoms with Crippen molar-refractivity contribution < 1.29 is 13.2 Å². The summed E-state index contributed by atoms with van der Waals surface area (Å²) in [6.07, 6.45) is 1.85. The van der Waals surface area contributed by atoms with Gasteiger partial charge < -0.3 is 11.1 Å². The molecule has 1 aliphatic rings. The zero-order valence-corrected chi connectivity index (χ0v) is 14.1. The van der Waals surface area contributed by atoms with E-state index in [4.69, 9.17) is 5.73 Å². The Bertz CT molecular complexity index is 657. The van der Waals surface area contributed by atoms with Gasteiger partial charge in [-0.2, -0.15) is 0 Å². The molecule has 4 N–H and O–H groups in total. The number of carbonyl (C=O) groups is 1. The summed E-state index contributed by atoms with van der Waals surface area (Å²) < 4.78 is 27.6. The SMILES string of the molecule is Cc1cc(Br)c(N)cc1S(=O)(=O)NCCNC(=O)C1CC1. The average Bonchev–Trinajstić information content (AvgIpc) is 3.23. The maximum absolute atomic E-state index is 12.2. The quantitative estimate of drug-likeness (QED) is 0.512. The van der Waals surface area contributed by atoms with Crippen LogP contribution in [0, 0.1) is 12.8 Å². The third kappa shape index (κ3) is 4.18. The van der Waals surface area contributed by atoms with Gasteiger partial charge in [0.25, 0.3) is 0 Å². The lowest BCUT2D eigenvalue weighted by atomic mass is 10.2. The van der Waals surface area contributed by atoms with Gasteiger partial charge in [0.15, 0.2) is 0 Å². The fraction of sp³-hybridized carbons (Fsp3) is 0.462. The first-order chi connectivity index (χ1) is 9.81. The first kappa shape index (κ1) is 16.3. The molecule has 1 aliphatic carbocycles. The standard InChI is InChI=1S/C13H18BrN3O3S/c1-8-6-10(14)11(15)7-12(8)21(19,20)17-5-4-16-13(18)9-2-3-9/h6-7,9,17H,2-5,15H2,1H3,(H,16,18). The van der Waals surface area contributed by atoms with Crippen molar-refractivity contribution in [1.29, 1.82) is 0 Å². The summed E-state index contributed by atoms with van der Waals surface area (Å²) in [5.41, 5.74) is 6.69. The predicted molar refractivity (Wildman–Crippen MR) is 84.2 cm³/mol. The smallest absolute Gasteiger partial charge is 0.240 e. The third-order valence-electron chi connectivity index (χ3n) is 3.25. The van der Waals surface area contributed by atoms with Gasteiger partial charge >= 0.3 is 0 Å². The Labute approximate surface area is 132 Å². The predicted octanol–water partition coefficient (Wildman–Crippen LogP) is 1.14. The van der Waals surface area contributed by atoms with E-state index in [9.17, 15) is 13.2 Å². The highest BCUT2D eigenvalue weighted by molar-refractivity contribution is 9.10. The lowest BCUT2D eigenvalue weighted by Crippen LogP contribution is -2.35. The topological polar surface area (TPSA) is 101 Å². The molecular formula is C13H18BrN3O3S. The van der Waals surface area contributed by atoms with Gasteiger partial charge in [0, 0.05) is 29.2 Å². The van der Waals surface area contributed by atoms with Gasteiger partial charge in [-0.1, -0.05) is 0 Å². The first-order valence-electron chi connectivity index (χ1n) is 6.64. The van der Waals surface area contributed by atoms with E-state index in [2.05, 4.69) is 26.0 Å². The number of aryl methyl sites for hydroxylation is 1. The monoisotopic (exact) mass is 375 g/mol. The molecule has 0 heterocycles. The van der Waals surface area contributed by atoms with Crippen LogP contribution in [0.5, 0.6) is 0 Å². The van der Waals surface area contributed by atoms with Crippen LogP contribution in [-0.4, -0.2) is 27.4 Å². The number of halogens is 1. The van der Waals surface area contributed by atoms with Crippen LogP contribution in [0.4, 0.5) is 5.69 Å². The number of carbonyl (C=O) groups excluding carboxylic acids is 1. The van der Waals surface area contributed by atoms with Crippen LogP contribution in [0.1, 0.15) is 18.4 Å². The van der Waals surface area contributed by atoms with E-state index in [1.54, 1.807) is 13.0 Å². The van der Waals surface area contributed by atoms with Gasteiger partial charge in [-0.3, -0.25) is 4.79 Å². The van der Waals surface area contributed by atoms with Gasteiger partial charge in [-0.25, -0.2) is 13.1 Å². The van der Waals surface area contributed by atoms with Crippen LogP contribution in [-0.2, 0) is 14.8 Å². The molecule has 1 aromatic rings. The lowest BCUT2D eigenvalue weighted by molar-refractivity contribution is -0.122. The summed E-state index contributed by atoms with van der Waals surface area (Å²) in [6.45, 7) is 2.13. The summed E-state index contributed by atoms with van der Waals surface area (Å²) in [7, 11) is -3.63. The molecule has 1 saturated carbocycles. The highest BCUT2D eigenvalue weighted by Gasteiger charge is 2.29. The number of benzene rings is 1. The summed E-state index contributed by atoms with van der Waals surface area (Å²) >= 11 is 3.26. The van der Waals surface area contributed by atoms with E-state index in [0.29, 0.717) is 15.7 Å². The van der Waals surface area contributed by atoms with Crippen LogP contribution in [0.2, 0.25) is 0 Å². The van der Waals surface area contributed by atoms with Crippen LogP contribution in [0.3, 0.4) is 0 Å². The van der Waals surface area contributed by atoms with Crippen LogP contribution in [0.15, 0.2) is 21.5 Å². The van der Waals surface area contributed by atoms with Crippen molar-refractivity contribution in [3.05, 3.63) is 22.2 Å². The fourth-order valence-corrected chi connectivity index (χ4v) is 3.65. The van der Waals surface area contributed by atoms with E-state index < -0.39 is 10.0 Å².